The van der Waals surface area contributed by atoms with Gasteiger partial charge < -0.3 is 10.0 Å². The number of fused-ring (bicyclic) bond motifs is 3. The Balaban J connectivity index is 1.38. The molecule has 0 aromatic heterocycles. The van der Waals surface area contributed by atoms with Crippen molar-refractivity contribution in [1.29, 1.82) is 0 Å². The highest BCUT2D eigenvalue weighted by Gasteiger charge is 2.42. The van der Waals surface area contributed by atoms with E-state index in [1.165, 1.54) is 36.2 Å². The number of carbonyl (C=O) groups excluding carboxylic acids is 1. The van der Waals surface area contributed by atoms with Gasteiger partial charge in [-0.3, -0.25) is 14.5 Å². The number of allylic oxidation sites excluding steroid dienone is 2. The van der Waals surface area contributed by atoms with Crippen LogP contribution in [0, 0.1) is 0 Å². The molecule has 2 atom stereocenters. The van der Waals surface area contributed by atoms with E-state index in [1.54, 1.807) is 6.08 Å². The number of aliphatic carboxylic acids is 1. The molecule has 1 N–H and O–H groups in total. The number of thiocarbonyl (C=S) groups is 1. The highest BCUT2D eigenvalue weighted by molar-refractivity contribution is 8.26. The number of hydrogen-bond acceptors (Lipinski definition) is 5. The number of para-hydroxylation sites is 1. The van der Waals surface area contributed by atoms with Crippen LogP contribution in [-0.2, 0) is 9.59 Å². The van der Waals surface area contributed by atoms with Gasteiger partial charge in [-0.1, -0.05) is 66.8 Å². The first-order chi connectivity index (χ1) is 15.5. The van der Waals surface area contributed by atoms with Crippen LogP contribution in [0.25, 0.3) is 6.08 Å². The van der Waals surface area contributed by atoms with Gasteiger partial charge in [0.2, 0.25) is 0 Å². The molecule has 162 valence electrons. The van der Waals surface area contributed by atoms with Gasteiger partial charge in [-0.15, -0.1) is 0 Å². The molecule has 7 heteroatoms. The lowest BCUT2D eigenvalue weighted by Gasteiger charge is -2.27. The second kappa shape index (κ2) is 8.56. The van der Waals surface area contributed by atoms with Crippen LogP contribution < -0.4 is 4.90 Å². The second-order valence-corrected chi connectivity index (χ2v) is 9.85. The lowest BCUT2D eigenvalue weighted by atomic mass is 9.96. The molecule has 5 rings (SSSR count). The lowest BCUT2D eigenvalue weighted by Crippen LogP contribution is -2.33. The van der Waals surface area contributed by atoms with E-state index in [-0.39, 0.29) is 10.2 Å². The molecule has 1 aliphatic carbocycles. The average molecular weight is 463 g/mol. The van der Waals surface area contributed by atoms with Gasteiger partial charge in [0.05, 0.1) is 4.91 Å². The molecule has 1 amide bonds. The molecule has 2 aliphatic heterocycles. The van der Waals surface area contributed by atoms with Crippen LogP contribution in [-0.4, -0.2) is 38.8 Å². The van der Waals surface area contributed by atoms with Crippen LogP contribution in [0.1, 0.15) is 36.3 Å². The lowest BCUT2D eigenvalue weighted by molar-refractivity contribution is -0.140. The van der Waals surface area contributed by atoms with Crippen LogP contribution in [0.2, 0.25) is 0 Å². The number of hydrogen-bond donors (Lipinski definition) is 1. The maximum Gasteiger partial charge on any atom is 0.323 e. The largest absolute Gasteiger partial charge is 0.480 e. The Labute approximate surface area is 196 Å². The molecule has 0 radical (unpaired) electrons. The fraction of sp³-hybridized carbons (Fsp3) is 0.240. The van der Waals surface area contributed by atoms with Gasteiger partial charge in [0.25, 0.3) is 5.91 Å². The van der Waals surface area contributed by atoms with Crippen molar-refractivity contribution in [2.24, 2.45) is 0 Å². The highest BCUT2D eigenvalue weighted by Crippen LogP contribution is 2.52. The average Bonchev–Trinajstić information content (AvgIpc) is 3.44. The standard InChI is InChI=1S/C25H22N2O3S2/c28-23(29)15-26-24(30)22(32-25(26)31)11-4-6-16-12-13-21-19(14-16)18-9-5-10-20(18)27(21)17-7-2-1-3-8-17/h1-4,6-8,11-14,18,20H,5,9-10,15H2,(H,28,29)/b6-4?,22-11+. The zero-order valence-electron chi connectivity index (χ0n) is 17.3. The summed E-state index contributed by atoms with van der Waals surface area (Å²) >= 11 is 6.28. The summed E-state index contributed by atoms with van der Waals surface area (Å²) in [5.41, 5.74) is 5.01. The van der Waals surface area contributed by atoms with E-state index < -0.39 is 12.5 Å². The Morgan fingerprint density at radius 1 is 1.19 bits per heavy atom. The fourth-order valence-electron chi connectivity index (χ4n) is 4.94. The molecule has 2 aromatic carbocycles. The van der Waals surface area contributed by atoms with E-state index in [0.29, 0.717) is 16.9 Å². The number of carbonyl (C=O) groups is 2. The molecule has 0 spiro atoms. The van der Waals surface area contributed by atoms with Gasteiger partial charge in [-0.05, 0) is 54.3 Å². The highest BCUT2D eigenvalue weighted by atomic mass is 32.2. The monoisotopic (exact) mass is 462 g/mol. The summed E-state index contributed by atoms with van der Waals surface area (Å²) < 4.78 is 0.280. The van der Waals surface area contributed by atoms with Crippen LogP contribution in [0.5, 0.6) is 0 Å². The molecule has 1 saturated heterocycles. The minimum Gasteiger partial charge on any atom is -0.480 e. The van der Waals surface area contributed by atoms with Crippen LogP contribution in [0.3, 0.4) is 0 Å². The van der Waals surface area contributed by atoms with Gasteiger partial charge in [-0.2, -0.15) is 0 Å². The van der Waals surface area contributed by atoms with E-state index in [4.69, 9.17) is 17.3 Å². The third-order valence-corrected chi connectivity index (χ3v) is 7.66. The molecule has 2 aromatic rings. The Morgan fingerprint density at radius 2 is 2.00 bits per heavy atom. The molecule has 2 fully saturated rings. The van der Waals surface area contributed by atoms with Crippen molar-refractivity contribution in [1.82, 2.24) is 4.90 Å². The molecule has 3 aliphatic rings. The van der Waals surface area contributed by atoms with Gasteiger partial charge in [0, 0.05) is 23.3 Å². The summed E-state index contributed by atoms with van der Waals surface area (Å²) in [6, 6.07) is 17.7. The maximum atomic E-state index is 12.4. The number of rotatable bonds is 5. The third kappa shape index (κ3) is 3.76. The van der Waals surface area contributed by atoms with E-state index in [0.717, 1.165) is 22.2 Å². The van der Waals surface area contributed by atoms with Crippen molar-refractivity contribution >= 4 is 57.6 Å². The van der Waals surface area contributed by atoms with Gasteiger partial charge in [0.15, 0.2) is 0 Å². The first kappa shape index (κ1) is 21.0. The maximum absolute atomic E-state index is 12.4. The zero-order valence-corrected chi connectivity index (χ0v) is 18.9. The first-order valence-electron chi connectivity index (χ1n) is 10.6. The molecular formula is C25H22N2O3S2. The summed E-state index contributed by atoms with van der Waals surface area (Å²) in [6.07, 6.45) is 9.20. The number of carboxylic acid groups (broad SMARTS) is 1. The molecule has 32 heavy (non-hydrogen) atoms. The molecule has 5 nitrogen and oxygen atoms in total. The van der Waals surface area contributed by atoms with E-state index in [2.05, 4.69) is 53.4 Å². The van der Waals surface area contributed by atoms with Crippen molar-refractivity contribution < 1.29 is 14.7 Å². The van der Waals surface area contributed by atoms with Crippen LogP contribution in [0.15, 0.2) is 65.6 Å². The van der Waals surface area contributed by atoms with Crippen molar-refractivity contribution in [3.05, 3.63) is 76.7 Å². The predicted molar refractivity (Wildman–Crippen MR) is 132 cm³/mol. The number of benzene rings is 2. The van der Waals surface area contributed by atoms with Gasteiger partial charge in [-0.25, -0.2) is 0 Å². The number of nitrogens with zero attached hydrogens (tertiary/aromatic N) is 2. The fourth-order valence-corrected chi connectivity index (χ4v) is 6.14. The Hall–Kier alpha value is -2.90. The first-order valence-corrected chi connectivity index (χ1v) is 11.9. The summed E-state index contributed by atoms with van der Waals surface area (Å²) in [5.74, 6) is -0.884. The van der Waals surface area contributed by atoms with Crippen LogP contribution >= 0.6 is 24.0 Å². The normalized spacial score (nSPS) is 23.4. The smallest absolute Gasteiger partial charge is 0.323 e. The predicted octanol–water partition coefficient (Wildman–Crippen LogP) is 5.32. The summed E-state index contributed by atoms with van der Waals surface area (Å²) in [6.45, 7) is -0.406. The topological polar surface area (TPSA) is 60.9 Å². The number of amides is 1. The minimum atomic E-state index is -1.08. The van der Waals surface area contributed by atoms with E-state index >= 15 is 0 Å². The molecule has 0 bridgehead atoms. The van der Waals surface area contributed by atoms with Crippen molar-refractivity contribution in [2.75, 3.05) is 11.4 Å². The zero-order chi connectivity index (χ0) is 22.2. The van der Waals surface area contributed by atoms with E-state index in [1.807, 2.05) is 12.2 Å². The van der Waals surface area contributed by atoms with Crippen LogP contribution in [0.4, 0.5) is 11.4 Å². The third-order valence-electron chi connectivity index (χ3n) is 6.26. The Bertz CT molecular complexity index is 1160. The summed E-state index contributed by atoms with van der Waals surface area (Å²) in [5, 5.41) is 8.95. The van der Waals surface area contributed by atoms with Crippen molar-refractivity contribution in [2.45, 2.75) is 31.2 Å². The molecular weight excluding hydrogens is 440 g/mol. The van der Waals surface area contributed by atoms with E-state index in [9.17, 15) is 9.59 Å². The van der Waals surface area contributed by atoms with Gasteiger partial charge in [0.1, 0.15) is 10.9 Å². The molecule has 2 heterocycles. The number of thioether (sulfide) groups is 1. The Kier molecular flexibility index (Phi) is 5.61. The Morgan fingerprint density at radius 3 is 2.78 bits per heavy atom. The van der Waals surface area contributed by atoms with Gasteiger partial charge >= 0.3 is 5.97 Å². The summed E-state index contributed by atoms with van der Waals surface area (Å²) in [7, 11) is 0. The number of carboxylic acids is 1. The minimum absolute atomic E-state index is 0.280. The molecule has 1 saturated carbocycles. The van der Waals surface area contributed by atoms with Crippen molar-refractivity contribution in [3.8, 4) is 0 Å². The number of anilines is 2. The van der Waals surface area contributed by atoms with Crippen molar-refractivity contribution in [3.63, 3.8) is 0 Å². The SMILES string of the molecule is O=C(O)CN1C(=O)/C(=C\C=Cc2ccc3c(c2)C2CCCC2N3c2ccccc2)SC1=S. The summed E-state index contributed by atoms with van der Waals surface area (Å²) in [4.78, 5) is 27.4. The quantitative estimate of drug-likeness (QED) is 0.480. The second-order valence-electron chi connectivity index (χ2n) is 8.17. The molecule has 2 unspecified atom stereocenters.